The van der Waals surface area contributed by atoms with Crippen molar-refractivity contribution in [1.82, 2.24) is 10.4 Å². The topological polar surface area (TPSA) is 133 Å². The van der Waals surface area contributed by atoms with E-state index in [1.807, 2.05) is 0 Å². The molecular formula is C4H6N2NaO7P. The summed E-state index contributed by atoms with van der Waals surface area (Å²) < 4.78 is 10.3. The maximum absolute atomic E-state index is 10.7. The van der Waals surface area contributed by atoms with Crippen molar-refractivity contribution in [3.05, 3.63) is 0 Å². The molecular weight excluding hydrogens is 242 g/mol. The van der Waals surface area contributed by atoms with Gasteiger partial charge in [0, 0.05) is 0 Å². The van der Waals surface area contributed by atoms with Gasteiger partial charge in [0.2, 0.25) is 0 Å². The van der Waals surface area contributed by atoms with Gasteiger partial charge < -0.3 is 16.1 Å². The van der Waals surface area contributed by atoms with E-state index in [0.717, 1.165) is 0 Å². The van der Waals surface area contributed by atoms with Crippen molar-refractivity contribution in [3.8, 4) is 0 Å². The fourth-order valence-electron chi connectivity index (χ4n) is 0.645. The van der Waals surface area contributed by atoms with Crippen molar-refractivity contribution in [1.29, 1.82) is 0 Å². The van der Waals surface area contributed by atoms with Crippen LogP contribution in [0.4, 0.5) is 9.59 Å². The molecule has 0 spiro atoms. The Hall–Kier alpha value is -0.440. The zero-order valence-corrected chi connectivity index (χ0v) is 10.4. The van der Waals surface area contributed by atoms with Crippen LogP contribution in [0.15, 0.2) is 0 Å². The summed E-state index contributed by atoms with van der Waals surface area (Å²) in [6, 6.07) is -1.04. The molecule has 1 saturated heterocycles. The van der Waals surface area contributed by atoms with Crippen molar-refractivity contribution < 1.29 is 64.6 Å². The predicted octanol–water partition coefficient (Wildman–Crippen LogP) is -4.12. The molecule has 0 radical (unpaired) electrons. The largest absolute Gasteiger partial charge is 1.00 e. The van der Waals surface area contributed by atoms with E-state index >= 15 is 0 Å². The number of urea groups is 1. The number of nitrogens with zero attached hydrogens (tertiary/aromatic N) is 1. The second-order valence-corrected chi connectivity index (χ2v) is 3.74. The van der Waals surface area contributed by atoms with E-state index in [9.17, 15) is 18.9 Å². The third kappa shape index (κ3) is 3.90. The van der Waals surface area contributed by atoms with Gasteiger partial charge in [-0.05, 0) is 0 Å². The molecule has 9 nitrogen and oxygen atoms in total. The summed E-state index contributed by atoms with van der Waals surface area (Å²) in [6.45, 7) is -0.579. The van der Waals surface area contributed by atoms with E-state index in [-0.39, 0.29) is 36.0 Å². The van der Waals surface area contributed by atoms with E-state index in [1.54, 1.807) is 5.32 Å². The van der Waals surface area contributed by atoms with E-state index in [4.69, 9.17) is 9.79 Å². The van der Waals surface area contributed by atoms with Crippen LogP contribution in [-0.4, -0.2) is 39.0 Å². The van der Waals surface area contributed by atoms with Gasteiger partial charge in [-0.2, -0.15) is 0 Å². The molecule has 3 N–H and O–H groups in total. The van der Waals surface area contributed by atoms with Crippen molar-refractivity contribution in [2.45, 2.75) is 0 Å². The van der Waals surface area contributed by atoms with Crippen LogP contribution < -0.4 is 34.9 Å². The first-order valence-electron chi connectivity index (χ1n) is 3.20. The Morgan fingerprint density at radius 3 is 2.40 bits per heavy atom. The van der Waals surface area contributed by atoms with Crippen LogP contribution >= 0.6 is 7.60 Å². The molecule has 3 amide bonds. The van der Waals surface area contributed by atoms with Crippen LogP contribution in [0.2, 0.25) is 0 Å². The third-order valence-corrected chi connectivity index (χ3v) is 1.74. The standard InChI is InChI=1S/C4H5N2O7P.Na.H/c7-2-1-6(3(8)5-2)13-4(9)14(10,11)12;;/h1H2,(H,5,7,8)(H2,10,11,12);;/q;+1;-1. The van der Waals surface area contributed by atoms with Gasteiger partial charge in [0.25, 0.3) is 5.91 Å². The molecule has 0 unspecified atom stereocenters. The number of carbonyl (C=O) groups excluding carboxylic acids is 3. The second-order valence-electron chi connectivity index (χ2n) is 2.29. The minimum absolute atomic E-state index is 0. The molecule has 1 aliphatic rings. The molecule has 0 aromatic carbocycles. The van der Waals surface area contributed by atoms with Gasteiger partial charge in [-0.1, -0.05) is 0 Å². The fourth-order valence-corrected chi connectivity index (χ4v) is 0.849. The molecule has 1 heterocycles. The van der Waals surface area contributed by atoms with Crippen LogP contribution in [0.3, 0.4) is 0 Å². The molecule has 1 rings (SSSR count). The number of nitrogens with one attached hydrogen (secondary N) is 1. The number of hydroxylamine groups is 2. The number of rotatable bonds is 2. The molecule has 0 aromatic heterocycles. The second kappa shape index (κ2) is 5.06. The van der Waals surface area contributed by atoms with Crippen LogP contribution in [-0.2, 0) is 14.2 Å². The quantitative estimate of drug-likeness (QED) is 0.257. The Bertz CT molecular complexity index is 356. The Kier molecular flexibility index (Phi) is 4.91. The minimum Gasteiger partial charge on any atom is -1.00 e. The van der Waals surface area contributed by atoms with Gasteiger partial charge >= 0.3 is 48.9 Å². The average Bonchev–Trinajstić information content (AvgIpc) is 2.28. The number of carbonyl (C=O) groups is 3. The van der Waals surface area contributed by atoms with Crippen molar-refractivity contribution in [3.63, 3.8) is 0 Å². The Morgan fingerprint density at radius 2 is 2.07 bits per heavy atom. The van der Waals surface area contributed by atoms with Crippen LogP contribution in [0.5, 0.6) is 0 Å². The van der Waals surface area contributed by atoms with Gasteiger partial charge in [0.15, 0.2) is 0 Å². The molecule has 15 heavy (non-hydrogen) atoms. The van der Waals surface area contributed by atoms with Crippen LogP contribution in [0.25, 0.3) is 0 Å². The number of hydrogen-bond acceptors (Lipinski definition) is 5. The average molecular weight is 248 g/mol. The fraction of sp³-hybridized carbons (Fsp3) is 0.250. The van der Waals surface area contributed by atoms with Crippen molar-refractivity contribution >= 4 is 25.2 Å². The first-order valence-corrected chi connectivity index (χ1v) is 4.81. The monoisotopic (exact) mass is 248 g/mol. The predicted molar refractivity (Wildman–Crippen MR) is 39.9 cm³/mol. The molecule has 0 aromatic rings. The number of amides is 3. The van der Waals surface area contributed by atoms with E-state index in [0.29, 0.717) is 0 Å². The molecule has 0 atom stereocenters. The zero-order chi connectivity index (χ0) is 10.9. The normalized spacial score (nSPS) is 15.7. The van der Waals surface area contributed by atoms with Crippen LogP contribution in [0, 0.1) is 0 Å². The number of hydrogen-bond donors (Lipinski definition) is 3. The van der Waals surface area contributed by atoms with Crippen molar-refractivity contribution in [2.24, 2.45) is 0 Å². The molecule has 0 aliphatic carbocycles. The molecule has 11 heteroatoms. The zero-order valence-electron chi connectivity index (χ0n) is 8.54. The molecule has 0 bridgehead atoms. The summed E-state index contributed by atoms with van der Waals surface area (Å²) >= 11 is 0. The summed E-state index contributed by atoms with van der Waals surface area (Å²) in [5.41, 5.74) is -1.89. The van der Waals surface area contributed by atoms with E-state index in [2.05, 4.69) is 4.84 Å². The summed E-state index contributed by atoms with van der Waals surface area (Å²) in [5, 5.41) is 1.97. The van der Waals surface area contributed by atoms with Crippen LogP contribution in [0.1, 0.15) is 1.43 Å². The maximum atomic E-state index is 10.7. The van der Waals surface area contributed by atoms with E-state index < -0.39 is 31.8 Å². The first kappa shape index (κ1) is 14.6. The molecule has 1 aliphatic heterocycles. The molecule has 1 fully saturated rings. The van der Waals surface area contributed by atoms with Gasteiger partial charge in [-0.15, -0.1) is 5.06 Å². The summed E-state index contributed by atoms with van der Waals surface area (Å²) in [6.07, 6.45) is 0. The Morgan fingerprint density at radius 1 is 1.53 bits per heavy atom. The van der Waals surface area contributed by atoms with Crippen molar-refractivity contribution in [2.75, 3.05) is 6.54 Å². The first-order chi connectivity index (χ1) is 6.30. The summed E-state index contributed by atoms with van der Waals surface area (Å²) in [5.74, 6) is -0.728. The number of imide groups is 1. The Labute approximate surface area is 107 Å². The SMILES string of the molecule is O=C1CN(OC(=O)P(=O)(O)O)C(=O)N1.[H-].[Na+]. The Balaban J connectivity index is 0. The molecule has 0 saturated carbocycles. The molecule has 80 valence electrons. The summed E-state index contributed by atoms with van der Waals surface area (Å²) in [7, 11) is -5.05. The van der Waals surface area contributed by atoms with Gasteiger partial charge in [0.1, 0.15) is 6.54 Å². The van der Waals surface area contributed by atoms with Gasteiger partial charge in [0.05, 0.1) is 0 Å². The van der Waals surface area contributed by atoms with Gasteiger partial charge in [-0.25, -0.2) is 14.2 Å². The minimum atomic E-state index is -5.05. The van der Waals surface area contributed by atoms with E-state index in [1.165, 1.54) is 0 Å². The van der Waals surface area contributed by atoms with Gasteiger partial charge in [-0.3, -0.25) is 10.1 Å². The maximum Gasteiger partial charge on any atom is 1.00 e. The third-order valence-electron chi connectivity index (χ3n) is 1.19. The smallest absolute Gasteiger partial charge is 1.00 e. The summed E-state index contributed by atoms with van der Waals surface area (Å²) in [4.78, 5) is 52.3.